The second-order valence-corrected chi connectivity index (χ2v) is 6.94. The number of piperidine rings is 1. The number of aryl methyl sites for hydroxylation is 1. The average Bonchev–Trinajstić information content (AvgIpc) is 2.48. The van der Waals surface area contributed by atoms with E-state index >= 15 is 0 Å². The number of amides is 1. The number of hydrogen-bond acceptors (Lipinski definition) is 3. The highest BCUT2D eigenvalue weighted by molar-refractivity contribution is 6.05. The minimum Gasteiger partial charge on any atom is -0.338 e. The number of pyridine rings is 1. The Hall–Kier alpha value is -1.94. The van der Waals surface area contributed by atoms with Gasteiger partial charge >= 0.3 is 0 Å². The van der Waals surface area contributed by atoms with Crippen molar-refractivity contribution >= 4 is 16.8 Å². The largest absolute Gasteiger partial charge is 0.338 e. The minimum atomic E-state index is -0.0537. The molecule has 22 heavy (non-hydrogen) atoms. The molecule has 1 aromatic carbocycles. The number of hydrogen-bond donors (Lipinski definition) is 1. The lowest BCUT2D eigenvalue weighted by Crippen LogP contribution is -2.54. The molecule has 1 unspecified atom stereocenters. The van der Waals surface area contributed by atoms with Gasteiger partial charge in [0.25, 0.3) is 5.91 Å². The summed E-state index contributed by atoms with van der Waals surface area (Å²) >= 11 is 0. The minimum absolute atomic E-state index is 0.0537. The van der Waals surface area contributed by atoms with Gasteiger partial charge in [0.05, 0.1) is 11.1 Å². The molecule has 2 aromatic rings. The molecule has 4 heteroatoms. The monoisotopic (exact) mass is 297 g/mol. The molecule has 1 saturated heterocycles. The zero-order valence-corrected chi connectivity index (χ0v) is 13.5. The van der Waals surface area contributed by atoms with Crippen molar-refractivity contribution in [2.24, 2.45) is 11.1 Å². The molecule has 0 radical (unpaired) electrons. The lowest BCUT2D eigenvalue weighted by Gasteiger charge is -2.42. The van der Waals surface area contributed by atoms with Crippen molar-refractivity contribution in [1.29, 1.82) is 0 Å². The van der Waals surface area contributed by atoms with Crippen LogP contribution < -0.4 is 5.73 Å². The predicted octanol–water partition coefficient (Wildman–Crippen LogP) is 2.74. The van der Waals surface area contributed by atoms with E-state index in [-0.39, 0.29) is 17.4 Å². The lowest BCUT2D eigenvalue weighted by atomic mass is 9.79. The van der Waals surface area contributed by atoms with Crippen molar-refractivity contribution in [2.75, 3.05) is 13.1 Å². The Bertz CT molecular complexity index is 723. The lowest BCUT2D eigenvalue weighted by molar-refractivity contribution is 0.0534. The zero-order chi connectivity index (χ0) is 15.9. The number of fused-ring (bicyclic) bond motifs is 1. The number of para-hydroxylation sites is 1. The van der Waals surface area contributed by atoms with E-state index < -0.39 is 0 Å². The number of nitrogens with two attached hydrogens (primary N) is 1. The highest BCUT2D eigenvalue weighted by Crippen LogP contribution is 2.29. The van der Waals surface area contributed by atoms with Crippen LogP contribution in [0.25, 0.3) is 10.9 Å². The van der Waals surface area contributed by atoms with Crippen LogP contribution in [0.3, 0.4) is 0 Å². The first-order chi connectivity index (χ1) is 10.4. The van der Waals surface area contributed by atoms with E-state index in [1.807, 2.05) is 42.2 Å². The van der Waals surface area contributed by atoms with E-state index in [0.717, 1.165) is 23.0 Å². The van der Waals surface area contributed by atoms with E-state index in [4.69, 9.17) is 5.73 Å². The normalized spacial score (nSPS) is 21.1. The van der Waals surface area contributed by atoms with Crippen molar-refractivity contribution in [3.05, 3.63) is 41.6 Å². The zero-order valence-electron chi connectivity index (χ0n) is 13.5. The Kier molecular flexibility index (Phi) is 3.65. The van der Waals surface area contributed by atoms with Crippen LogP contribution in [0.5, 0.6) is 0 Å². The van der Waals surface area contributed by atoms with Crippen LogP contribution >= 0.6 is 0 Å². The number of carbonyl (C=O) groups excluding carboxylic acids is 1. The Morgan fingerprint density at radius 1 is 1.32 bits per heavy atom. The predicted molar refractivity (Wildman–Crippen MR) is 88.8 cm³/mol. The van der Waals surface area contributed by atoms with Crippen LogP contribution in [0.1, 0.15) is 36.3 Å². The van der Waals surface area contributed by atoms with Gasteiger partial charge in [0.2, 0.25) is 0 Å². The second-order valence-electron chi connectivity index (χ2n) is 6.94. The van der Waals surface area contributed by atoms with Gasteiger partial charge in [-0.05, 0) is 30.9 Å². The first kappa shape index (κ1) is 15.0. The Balaban J connectivity index is 1.98. The molecule has 0 spiro atoms. The third kappa shape index (κ3) is 2.59. The van der Waals surface area contributed by atoms with Crippen LogP contribution in [0.4, 0.5) is 0 Å². The molecule has 3 rings (SSSR count). The first-order valence-electron chi connectivity index (χ1n) is 7.80. The summed E-state index contributed by atoms with van der Waals surface area (Å²) < 4.78 is 0. The number of likely N-dealkylation sites (tertiary alicyclic amines) is 1. The standard InChI is InChI=1S/C18H23N3O/c1-12-7-8-13-5-4-6-14(16(13)20-12)17(22)21-10-9-15(19)18(2,3)11-21/h4-8,15H,9-11,19H2,1-3H3. The van der Waals surface area contributed by atoms with Gasteiger partial charge in [-0.25, -0.2) is 0 Å². The first-order valence-corrected chi connectivity index (χ1v) is 7.80. The summed E-state index contributed by atoms with van der Waals surface area (Å²) in [5.74, 6) is 0.0590. The number of carbonyl (C=O) groups is 1. The summed E-state index contributed by atoms with van der Waals surface area (Å²) in [6.07, 6.45) is 0.843. The molecule has 116 valence electrons. The van der Waals surface area contributed by atoms with Crippen LogP contribution in [-0.2, 0) is 0 Å². The third-order valence-electron chi connectivity index (χ3n) is 4.69. The Morgan fingerprint density at radius 3 is 2.82 bits per heavy atom. The molecule has 1 atom stereocenters. The highest BCUT2D eigenvalue weighted by Gasteiger charge is 2.35. The molecule has 4 nitrogen and oxygen atoms in total. The Morgan fingerprint density at radius 2 is 2.09 bits per heavy atom. The fourth-order valence-electron chi connectivity index (χ4n) is 3.13. The Labute approximate surface area is 131 Å². The van der Waals surface area contributed by atoms with Gasteiger partial charge in [0.15, 0.2) is 0 Å². The maximum absolute atomic E-state index is 13.0. The SMILES string of the molecule is Cc1ccc2cccc(C(=O)N3CCC(N)C(C)(C)C3)c2n1. The number of aromatic nitrogens is 1. The summed E-state index contributed by atoms with van der Waals surface area (Å²) in [4.78, 5) is 19.5. The van der Waals surface area contributed by atoms with Gasteiger partial charge in [-0.2, -0.15) is 0 Å². The third-order valence-corrected chi connectivity index (χ3v) is 4.69. The molecular weight excluding hydrogens is 274 g/mol. The molecule has 0 aliphatic carbocycles. The van der Waals surface area contributed by atoms with E-state index in [0.29, 0.717) is 18.7 Å². The van der Waals surface area contributed by atoms with Gasteiger partial charge in [-0.15, -0.1) is 0 Å². The fourth-order valence-corrected chi connectivity index (χ4v) is 3.13. The average molecular weight is 297 g/mol. The molecular formula is C18H23N3O. The summed E-state index contributed by atoms with van der Waals surface area (Å²) in [5, 5.41) is 1.00. The van der Waals surface area contributed by atoms with Crippen LogP contribution in [0.15, 0.2) is 30.3 Å². The van der Waals surface area contributed by atoms with E-state index in [1.165, 1.54) is 0 Å². The molecule has 1 aromatic heterocycles. The smallest absolute Gasteiger partial charge is 0.256 e. The van der Waals surface area contributed by atoms with E-state index in [1.54, 1.807) is 0 Å². The van der Waals surface area contributed by atoms with E-state index in [2.05, 4.69) is 18.8 Å². The van der Waals surface area contributed by atoms with Crippen molar-refractivity contribution < 1.29 is 4.79 Å². The van der Waals surface area contributed by atoms with Crippen molar-refractivity contribution in [3.63, 3.8) is 0 Å². The molecule has 0 saturated carbocycles. The van der Waals surface area contributed by atoms with Gasteiger partial charge in [-0.3, -0.25) is 9.78 Å². The van der Waals surface area contributed by atoms with Gasteiger partial charge in [0.1, 0.15) is 0 Å². The molecule has 0 bridgehead atoms. The summed E-state index contributed by atoms with van der Waals surface area (Å²) in [6, 6.07) is 9.93. The molecule has 1 amide bonds. The summed E-state index contributed by atoms with van der Waals surface area (Å²) in [6.45, 7) is 7.61. The summed E-state index contributed by atoms with van der Waals surface area (Å²) in [5.41, 5.74) is 8.52. The fraction of sp³-hybridized carbons (Fsp3) is 0.444. The number of nitrogens with zero attached hydrogens (tertiary/aromatic N) is 2. The van der Waals surface area contributed by atoms with Gasteiger partial charge in [0, 0.05) is 30.2 Å². The van der Waals surface area contributed by atoms with Gasteiger partial charge in [-0.1, -0.05) is 32.0 Å². The maximum Gasteiger partial charge on any atom is 0.256 e. The molecule has 2 heterocycles. The second kappa shape index (κ2) is 5.36. The van der Waals surface area contributed by atoms with Gasteiger partial charge < -0.3 is 10.6 Å². The maximum atomic E-state index is 13.0. The molecule has 2 N–H and O–H groups in total. The number of rotatable bonds is 1. The molecule has 1 aliphatic rings. The highest BCUT2D eigenvalue weighted by atomic mass is 16.2. The van der Waals surface area contributed by atoms with E-state index in [9.17, 15) is 4.79 Å². The van der Waals surface area contributed by atoms with Crippen LogP contribution in [-0.4, -0.2) is 34.9 Å². The van der Waals surface area contributed by atoms with Crippen LogP contribution in [0, 0.1) is 12.3 Å². The topological polar surface area (TPSA) is 59.2 Å². The quantitative estimate of drug-likeness (QED) is 0.880. The van der Waals surface area contributed by atoms with Crippen molar-refractivity contribution in [2.45, 2.75) is 33.2 Å². The number of benzene rings is 1. The summed E-state index contributed by atoms with van der Waals surface area (Å²) in [7, 11) is 0. The van der Waals surface area contributed by atoms with Crippen molar-refractivity contribution in [1.82, 2.24) is 9.88 Å². The molecule has 1 aliphatic heterocycles. The van der Waals surface area contributed by atoms with Crippen LogP contribution in [0.2, 0.25) is 0 Å². The molecule has 1 fully saturated rings. The van der Waals surface area contributed by atoms with Crippen molar-refractivity contribution in [3.8, 4) is 0 Å².